The summed E-state index contributed by atoms with van der Waals surface area (Å²) in [6.45, 7) is 3.95. The van der Waals surface area contributed by atoms with Gasteiger partial charge in [-0.05, 0) is 60.9 Å². The second-order valence-electron chi connectivity index (χ2n) is 6.95. The first-order valence-electron chi connectivity index (χ1n) is 9.52. The highest BCUT2D eigenvalue weighted by Gasteiger charge is 2.30. The van der Waals surface area contributed by atoms with Crippen molar-refractivity contribution in [2.45, 2.75) is 12.6 Å². The summed E-state index contributed by atoms with van der Waals surface area (Å²) in [4.78, 5) is 16.3. The fourth-order valence-corrected chi connectivity index (χ4v) is 3.35. The van der Waals surface area contributed by atoms with Gasteiger partial charge in [0.25, 0.3) is 0 Å². The van der Waals surface area contributed by atoms with Crippen molar-refractivity contribution in [1.29, 1.82) is 0 Å². The van der Waals surface area contributed by atoms with Crippen LogP contribution in [-0.2, 0) is 12.6 Å². The lowest BCUT2D eigenvalue weighted by Crippen LogP contribution is -2.19. The first-order chi connectivity index (χ1) is 15.3. The lowest BCUT2D eigenvalue weighted by Gasteiger charge is -2.11. The molecule has 2 heterocycles. The number of nitrogens with two attached hydrogens (primary N) is 1. The van der Waals surface area contributed by atoms with E-state index >= 15 is 0 Å². The van der Waals surface area contributed by atoms with Crippen LogP contribution in [-0.4, -0.2) is 20.6 Å². The maximum atomic E-state index is 12.6. The summed E-state index contributed by atoms with van der Waals surface area (Å²) in [5, 5.41) is 9.33. The zero-order valence-electron chi connectivity index (χ0n) is 16.6. The van der Waals surface area contributed by atoms with Crippen molar-refractivity contribution in [3.8, 4) is 11.1 Å². The summed E-state index contributed by atoms with van der Waals surface area (Å²) in [6.07, 6.45) is -0.688. The van der Waals surface area contributed by atoms with Gasteiger partial charge in [-0.15, -0.1) is 0 Å². The quantitative estimate of drug-likeness (QED) is 0.416. The minimum Gasteiger partial charge on any atom is -0.382 e. The third-order valence-corrected chi connectivity index (χ3v) is 4.85. The predicted molar refractivity (Wildman–Crippen MR) is 116 cm³/mol. The van der Waals surface area contributed by atoms with Gasteiger partial charge in [-0.3, -0.25) is 0 Å². The molecular weight excluding hydrogens is 421 g/mol. The summed E-state index contributed by atoms with van der Waals surface area (Å²) < 4.78 is 39.6. The Kier molecular flexibility index (Phi) is 5.43. The van der Waals surface area contributed by atoms with Gasteiger partial charge in [0.1, 0.15) is 11.8 Å². The molecule has 7 nitrogen and oxygen atoms in total. The highest BCUT2D eigenvalue weighted by atomic mass is 19.4. The minimum atomic E-state index is -4.43. The molecule has 0 aliphatic heterocycles. The fraction of sp³-hybridized carbons (Fsp3) is 0.0909. The van der Waals surface area contributed by atoms with Crippen molar-refractivity contribution in [2.24, 2.45) is 0 Å². The molecular formula is C22H18F3N6O. The Bertz CT molecular complexity index is 1260. The average molecular weight is 439 g/mol. The van der Waals surface area contributed by atoms with Crippen LogP contribution < -0.4 is 16.4 Å². The summed E-state index contributed by atoms with van der Waals surface area (Å²) >= 11 is 0. The van der Waals surface area contributed by atoms with E-state index in [0.29, 0.717) is 23.4 Å². The molecule has 2 aromatic heterocycles. The Hall–Kier alpha value is -4.08. The van der Waals surface area contributed by atoms with Crippen molar-refractivity contribution in [3.05, 3.63) is 79.1 Å². The summed E-state index contributed by atoms with van der Waals surface area (Å²) in [5.41, 5.74) is 9.32. The number of hydrogen-bond donors (Lipinski definition) is 3. The molecule has 0 aliphatic carbocycles. The number of amides is 2. The number of nitrogens with one attached hydrogen (secondary N) is 2. The van der Waals surface area contributed by atoms with Crippen LogP contribution in [0.25, 0.3) is 16.6 Å². The van der Waals surface area contributed by atoms with Crippen LogP contribution in [0.3, 0.4) is 0 Å². The van der Waals surface area contributed by atoms with Crippen LogP contribution in [0.1, 0.15) is 11.1 Å². The number of aromatic nitrogens is 3. The zero-order chi connectivity index (χ0) is 22.9. The number of rotatable bonds is 4. The molecule has 32 heavy (non-hydrogen) atoms. The van der Waals surface area contributed by atoms with E-state index in [0.717, 1.165) is 28.8 Å². The molecule has 2 amide bonds. The largest absolute Gasteiger partial charge is 0.416 e. The molecule has 4 rings (SSSR count). The molecule has 0 aliphatic rings. The molecule has 0 unspecified atom stereocenters. The SMILES string of the molecule is [CH2]Cc1cn2ncnc(N)c2c1-c1ccc(NC(=O)Nc2ccc(C(F)(F)F)cc2)cc1. The van der Waals surface area contributed by atoms with Gasteiger partial charge >= 0.3 is 12.2 Å². The van der Waals surface area contributed by atoms with Crippen LogP contribution in [0.15, 0.2) is 61.1 Å². The highest BCUT2D eigenvalue weighted by molar-refractivity contribution is 6.00. The zero-order valence-corrected chi connectivity index (χ0v) is 16.6. The van der Waals surface area contributed by atoms with E-state index in [1.807, 2.05) is 18.3 Å². The maximum absolute atomic E-state index is 12.6. The Labute approximate surface area is 181 Å². The fourth-order valence-electron chi connectivity index (χ4n) is 3.35. The number of benzene rings is 2. The van der Waals surface area contributed by atoms with Crippen molar-refractivity contribution >= 4 is 28.7 Å². The van der Waals surface area contributed by atoms with Gasteiger partial charge in [-0.2, -0.15) is 18.3 Å². The number of hydrogen-bond acceptors (Lipinski definition) is 4. The van der Waals surface area contributed by atoms with E-state index in [4.69, 9.17) is 5.73 Å². The standard InChI is InChI=1S/C22H18F3N6O/c1-2-13-11-31-19(20(26)27-12-28-31)18(13)14-3-7-16(8-4-14)29-21(32)30-17-9-5-15(6-10-17)22(23,24)25/h3-12H,1-2H2,(H2,26,27,28)(H2,29,30,32). The molecule has 0 saturated carbocycles. The number of nitrogens with zero attached hydrogens (tertiary/aromatic N) is 3. The summed E-state index contributed by atoms with van der Waals surface area (Å²) in [7, 11) is 0. The van der Waals surface area contributed by atoms with Gasteiger partial charge < -0.3 is 16.4 Å². The van der Waals surface area contributed by atoms with E-state index < -0.39 is 17.8 Å². The van der Waals surface area contributed by atoms with Gasteiger partial charge in [0.05, 0.1) is 5.56 Å². The second kappa shape index (κ2) is 8.22. The molecule has 0 atom stereocenters. The Morgan fingerprint density at radius 1 is 1.03 bits per heavy atom. The van der Waals surface area contributed by atoms with Gasteiger partial charge in [0.15, 0.2) is 5.82 Å². The summed E-state index contributed by atoms with van der Waals surface area (Å²) in [6, 6.07) is 10.7. The van der Waals surface area contributed by atoms with Crippen LogP contribution in [0.2, 0.25) is 0 Å². The van der Waals surface area contributed by atoms with Crippen LogP contribution >= 0.6 is 0 Å². The monoisotopic (exact) mass is 439 g/mol. The predicted octanol–water partition coefficient (Wildman–Crippen LogP) is 5.02. The first kappa shape index (κ1) is 21.2. The summed E-state index contributed by atoms with van der Waals surface area (Å²) in [5.74, 6) is 0.341. The van der Waals surface area contributed by atoms with Gasteiger partial charge in [-0.1, -0.05) is 12.1 Å². The molecule has 1 radical (unpaired) electrons. The number of fused-ring (bicyclic) bond motifs is 1. The molecule has 0 spiro atoms. The van der Waals surface area contributed by atoms with Crippen LogP contribution in [0.4, 0.5) is 35.2 Å². The van der Waals surface area contributed by atoms with Gasteiger partial charge in [-0.25, -0.2) is 14.3 Å². The minimum absolute atomic E-state index is 0.239. The Balaban J connectivity index is 1.50. The van der Waals surface area contributed by atoms with E-state index in [1.54, 1.807) is 16.6 Å². The number of carbonyl (C=O) groups excluding carboxylic acids is 1. The van der Waals surface area contributed by atoms with Crippen molar-refractivity contribution in [2.75, 3.05) is 16.4 Å². The normalized spacial score (nSPS) is 11.5. The molecule has 0 fully saturated rings. The Morgan fingerprint density at radius 3 is 2.19 bits per heavy atom. The number of carbonyl (C=O) groups is 1. The third-order valence-electron chi connectivity index (χ3n) is 4.85. The van der Waals surface area contributed by atoms with Gasteiger partial charge in [0, 0.05) is 23.1 Å². The Morgan fingerprint density at radius 2 is 1.62 bits per heavy atom. The average Bonchev–Trinajstić information content (AvgIpc) is 3.14. The molecule has 10 heteroatoms. The first-order valence-corrected chi connectivity index (χ1v) is 9.52. The van der Waals surface area contributed by atoms with E-state index in [-0.39, 0.29) is 5.69 Å². The van der Waals surface area contributed by atoms with Crippen molar-refractivity contribution in [1.82, 2.24) is 14.6 Å². The third kappa shape index (κ3) is 4.20. The molecule has 0 saturated heterocycles. The molecule has 4 aromatic rings. The number of anilines is 3. The number of alkyl halides is 3. The second-order valence-corrected chi connectivity index (χ2v) is 6.95. The van der Waals surface area contributed by atoms with Crippen molar-refractivity contribution < 1.29 is 18.0 Å². The van der Waals surface area contributed by atoms with Gasteiger partial charge in [0.2, 0.25) is 0 Å². The lowest BCUT2D eigenvalue weighted by atomic mass is 10.0. The van der Waals surface area contributed by atoms with E-state index in [2.05, 4.69) is 27.6 Å². The molecule has 4 N–H and O–H groups in total. The number of urea groups is 1. The maximum Gasteiger partial charge on any atom is 0.416 e. The highest BCUT2D eigenvalue weighted by Crippen LogP contribution is 2.33. The van der Waals surface area contributed by atoms with Crippen LogP contribution in [0.5, 0.6) is 0 Å². The number of halogens is 3. The van der Waals surface area contributed by atoms with Crippen LogP contribution in [0, 0.1) is 6.92 Å². The molecule has 2 aromatic carbocycles. The molecule has 0 bridgehead atoms. The molecule has 163 valence electrons. The number of nitrogen functional groups attached to an aromatic ring is 1. The van der Waals surface area contributed by atoms with Crippen molar-refractivity contribution in [3.63, 3.8) is 0 Å². The lowest BCUT2D eigenvalue weighted by molar-refractivity contribution is -0.137. The van der Waals surface area contributed by atoms with E-state index in [9.17, 15) is 18.0 Å². The van der Waals surface area contributed by atoms with E-state index in [1.165, 1.54) is 18.5 Å². The smallest absolute Gasteiger partial charge is 0.382 e. The topological polar surface area (TPSA) is 97.3 Å².